The molecule has 0 spiro atoms. The summed E-state index contributed by atoms with van der Waals surface area (Å²) in [5.41, 5.74) is 3.72. The number of rotatable bonds is 7. The van der Waals surface area contributed by atoms with Crippen molar-refractivity contribution in [1.29, 1.82) is 0 Å². The lowest BCUT2D eigenvalue weighted by molar-refractivity contribution is 0.0953. The number of oxazole rings is 1. The zero-order valence-corrected chi connectivity index (χ0v) is 19.9. The minimum Gasteiger partial charge on any atom is -0.444 e. The summed E-state index contributed by atoms with van der Waals surface area (Å²) in [7, 11) is 0. The average molecular weight is 492 g/mol. The van der Waals surface area contributed by atoms with Crippen LogP contribution in [0.5, 0.6) is 0 Å². The molecule has 0 radical (unpaired) electrons. The average Bonchev–Trinajstić information content (AvgIpc) is 3.66. The van der Waals surface area contributed by atoms with Gasteiger partial charge in [-0.25, -0.2) is 4.98 Å². The summed E-state index contributed by atoms with van der Waals surface area (Å²) in [5.74, 6) is 1.96. The van der Waals surface area contributed by atoms with E-state index < -0.39 is 0 Å². The van der Waals surface area contributed by atoms with Gasteiger partial charge in [-0.15, -0.1) is 10.2 Å². The monoisotopic (exact) mass is 491 g/mol. The molecular formula is C25H22ClN5O2S. The molecule has 9 heteroatoms. The van der Waals surface area contributed by atoms with Crippen molar-refractivity contribution in [3.05, 3.63) is 71.7 Å². The van der Waals surface area contributed by atoms with Crippen LogP contribution in [0.15, 0.2) is 70.6 Å². The van der Waals surface area contributed by atoms with E-state index in [0.717, 1.165) is 58.2 Å². The van der Waals surface area contributed by atoms with Crippen LogP contribution < -0.4 is 0 Å². The molecule has 172 valence electrons. The fourth-order valence-corrected chi connectivity index (χ4v) is 5.32. The number of hydrogen-bond acceptors (Lipinski definition) is 6. The molecule has 1 fully saturated rings. The van der Waals surface area contributed by atoms with Crippen molar-refractivity contribution in [2.75, 3.05) is 6.61 Å². The first-order valence-electron chi connectivity index (χ1n) is 11.2. The lowest BCUT2D eigenvalue weighted by atomic mass is 10.1. The number of halogens is 1. The third kappa shape index (κ3) is 4.13. The van der Waals surface area contributed by atoms with Gasteiger partial charge in [0, 0.05) is 35.0 Å². The van der Waals surface area contributed by atoms with Crippen molar-refractivity contribution < 1.29 is 9.15 Å². The topological polar surface area (TPSA) is 81.8 Å². The normalized spacial score (nSPS) is 16.0. The molecule has 0 bridgehead atoms. The van der Waals surface area contributed by atoms with Gasteiger partial charge in [-0.1, -0.05) is 53.7 Å². The molecule has 3 aromatic heterocycles. The number of H-pyrrole nitrogens is 1. The molecule has 6 rings (SSSR count). The van der Waals surface area contributed by atoms with Crippen molar-refractivity contribution in [1.82, 2.24) is 24.7 Å². The summed E-state index contributed by atoms with van der Waals surface area (Å²) in [6, 6.07) is 15.8. The van der Waals surface area contributed by atoms with Gasteiger partial charge in [0.15, 0.2) is 11.0 Å². The second kappa shape index (κ2) is 9.29. The number of ether oxygens (including phenoxy) is 1. The van der Waals surface area contributed by atoms with Crippen LogP contribution in [0.3, 0.4) is 0 Å². The molecule has 0 aliphatic carbocycles. The highest BCUT2D eigenvalue weighted by Gasteiger charge is 2.23. The summed E-state index contributed by atoms with van der Waals surface area (Å²) in [4.78, 5) is 7.97. The maximum absolute atomic E-state index is 6.29. The fraction of sp³-hybridized carbons (Fsp3) is 0.240. The van der Waals surface area contributed by atoms with E-state index in [9.17, 15) is 0 Å². The van der Waals surface area contributed by atoms with Gasteiger partial charge in [0.2, 0.25) is 5.89 Å². The third-order valence-electron chi connectivity index (χ3n) is 5.96. The first kappa shape index (κ1) is 21.5. The fourth-order valence-electron chi connectivity index (χ4n) is 4.28. The van der Waals surface area contributed by atoms with E-state index in [2.05, 4.69) is 36.9 Å². The summed E-state index contributed by atoms with van der Waals surface area (Å²) in [6.45, 7) is 1.52. The largest absolute Gasteiger partial charge is 0.444 e. The second-order valence-electron chi connectivity index (χ2n) is 8.21. The molecule has 1 atom stereocenters. The van der Waals surface area contributed by atoms with Gasteiger partial charge >= 0.3 is 0 Å². The van der Waals surface area contributed by atoms with Gasteiger partial charge in [0.1, 0.15) is 6.26 Å². The number of para-hydroxylation sites is 1. The van der Waals surface area contributed by atoms with Gasteiger partial charge in [0.05, 0.1) is 28.9 Å². The van der Waals surface area contributed by atoms with Crippen molar-refractivity contribution in [2.45, 2.75) is 36.4 Å². The molecule has 1 unspecified atom stereocenters. The van der Waals surface area contributed by atoms with Gasteiger partial charge < -0.3 is 14.1 Å². The van der Waals surface area contributed by atoms with Crippen LogP contribution in [0.1, 0.15) is 18.5 Å². The third-order valence-corrected chi connectivity index (χ3v) is 7.29. The van der Waals surface area contributed by atoms with Gasteiger partial charge in [0.25, 0.3) is 0 Å². The van der Waals surface area contributed by atoms with Crippen LogP contribution in [0, 0.1) is 0 Å². The highest BCUT2D eigenvalue weighted by Crippen LogP contribution is 2.33. The summed E-state index contributed by atoms with van der Waals surface area (Å²) in [6.07, 6.45) is 5.97. The number of aromatic amines is 1. The summed E-state index contributed by atoms with van der Waals surface area (Å²) < 4.78 is 13.8. The minimum absolute atomic E-state index is 0.165. The van der Waals surface area contributed by atoms with Crippen LogP contribution >= 0.6 is 23.4 Å². The first-order chi connectivity index (χ1) is 16.8. The number of hydrogen-bond donors (Lipinski definition) is 1. The Morgan fingerprint density at radius 3 is 2.85 bits per heavy atom. The Bertz CT molecular complexity index is 1440. The highest BCUT2D eigenvalue weighted by molar-refractivity contribution is 7.98. The van der Waals surface area contributed by atoms with E-state index in [4.69, 9.17) is 20.8 Å². The standard InChI is InChI=1S/C25H22ClN5O2S/c26-21-9-3-1-8-19(21)24-28-16(14-33-24)15-34-25-30-29-23(31(25)13-17-6-5-11-32-17)20-12-27-22-10-4-2-7-18(20)22/h1-4,7-10,12,14,17,27H,5-6,11,13,15H2. The zero-order chi connectivity index (χ0) is 22.9. The quantitative estimate of drug-likeness (QED) is 0.273. The molecule has 34 heavy (non-hydrogen) atoms. The van der Waals surface area contributed by atoms with Crippen LogP contribution in [0.2, 0.25) is 5.02 Å². The molecule has 0 amide bonds. The molecule has 1 aliphatic rings. The Morgan fingerprint density at radius 1 is 1.09 bits per heavy atom. The highest BCUT2D eigenvalue weighted by atomic mass is 35.5. The van der Waals surface area contributed by atoms with Crippen LogP contribution in [0.4, 0.5) is 0 Å². The van der Waals surface area contributed by atoms with E-state index >= 15 is 0 Å². The van der Waals surface area contributed by atoms with E-state index in [0.29, 0.717) is 23.2 Å². The van der Waals surface area contributed by atoms with Crippen molar-refractivity contribution in [3.8, 4) is 22.8 Å². The molecule has 1 aliphatic heterocycles. The predicted molar refractivity (Wildman–Crippen MR) is 133 cm³/mol. The summed E-state index contributed by atoms with van der Waals surface area (Å²) in [5, 5.41) is 11.7. The smallest absolute Gasteiger partial charge is 0.227 e. The van der Waals surface area contributed by atoms with Crippen LogP contribution in [-0.4, -0.2) is 37.4 Å². The predicted octanol–water partition coefficient (Wildman–Crippen LogP) is 6.21. The van der Waals surface area contributed by atoms with Crippen molar-refractivity contribution in [2.24, 2.45) is 0 Å². The molecule has 4 heterocycles. The molecule has 1 saturated heterocycles. The Morgan fingerprint density at radius 2 is 1.97 bits per heavy atom. The van der Waals surface area contributed by atoms with Crippen molar-refractivity contribution >= 4 is 34.3 Å². The molecule has 5 aromatic rings. The van der Waals surface area contributed by atoms with Crippen LogP contribution in [-0.2, 0) is 17.0 Å². The Kier molecular flexibility index (Phi) is 5.86. The molecule has 1 N–H and O–H groups in total. The molecule has 0 saturated carbocycles. The Labute approximate surface area is 205 Å². The van der Waals surface area contributed by atoms with E-state index in [-0.39, 0.29) is 6.10 Å². The minimum atomic E-state index is 0.165. The maximum atomic E-state index is 6.29. The Hall–Kier alpha value is -3.07. The van der Waals surface area contributed by atoms with Gasteiger partial charge in [-0.05, 0) is 31.0 Å². The number of nitrogens with one attached hydrogen (secondary N) is 1. The Balaban J connectivity index is 1.28. The number of thioether (sulfide) groups is 1. The van der Waals surface area contributed by atoms with E-state index in [1.54, 1.807) is 18.0 Å². The van der Waals surface area contributed by atoms with Gasteiger partial charge in [-0.2, -0.15) is 0 Å². The maximum Gasteiger partial charge on any atom is 0.227 e. The zero-order valence-electron chi connectivity index (χ0n) is 18.3. The number of fused-ring (bicyclic) bond motifs is 1. The van der Waals surface area contributed by atoms with Gasteiger partial charge in [-0.3, -0.25) is 4.57 Å². The molecule has 7 nitrogen and oxygen atoms in total. The van der Waals surface area contributed by atoms with Crippen molar-refractivity contribution in [3.63, 3.8) is 0 Å². The lowest BCUT2D eigenvalue weighted by Crippen LogP contribution is -2.16. The lowest BCUT2D eigenvalue weighted by Gasteiger charge is -2.14. The first-order valence-corrected chi connectivity index (χ1v) is 12.6. The van der Waals surface area contributed by atoms with E-state index in [1.165, 1.54) is 0 Å². The number of aromatic nitrogens is 5. The van der Waals surface area contributed by atoms with Crippen LogP contribution in [0.25, 0.3) is 33.7 Å². The number of benzene rings is 2. The SMILES string of the molecule is Clc1ccccc1-c1nc(CSc2nnc(-c3c[nH]c4ccccc34)n2CC2CCCO2)co1. The number of nitrogens with zero attached hydrogens (tertiary/aromatic N) is 4. The second-order valence-corrected chi connectivity index (χ2v) is 9.56. The molecular weight excluding hydrogens is 470 g/mol. The molecule has 2 aromatic carbocycles. The van der Waals surface area contributed by atoms with E-state index in [1.807, 2.05) is 42.6 Å². The summed E-state index contributed by atoms with van der Waals surface area (Å²) >= 11 is 7.88.